The Labute approximate surface area is 105 Å². The molecule has 0 amide bonds. The zero-order valence-electron chi connectivity index (χ0n) is 11.3. The van der Waals surface area contributed by atoms with E-state index in [0.29, 0.717) is 0 Å². The lowest BCUT2D eigenvalue weighted by Crippen LogP contribution is -2.18. The molecule has 0 aromatic carbocycles. The third-order valence-corrected chi connectivity index (χ3v) is 2.37. The Morgan fingerprint density at radius 1 is 1.24 bits per heavy atom. The Kier molecular flexibility index (Phi) is 10.8. The molecular formula is C14H24O3. The summed E-state index contributed by atoms with van der Waals surface area (Å²) in [5, 5.41) is 0. The maximum Gasteiger partial charge on any atom is 0.331 e. The summed E-state index contributed by atoms with van der Waals surface area (Å²) in [7, 11) is 1.36. The molecule has 0 rings (SSSR count). The molecule has 17 heavy (non-hydrogen) atoms. The van der Waals surface area contributed by atoms with Gasteiger partial charge in [0.25, 0.3) is 0 Å². The van der Waals surface area contributed by atoms with Gasteiger partial charge in [-0.25, -0.2) is 4.79 Å². The molecule has 0 aliphatic rings. The zero-order chi connectivity index (χ0) is 12.9. The van der Waals surface area contributed by atoms with E-state index in [1.807, 2.05) is 0 Å². The summed E-state index contributed by atoms with van der Waals surface area (Å²) in [6.45, 7) is 4.26. The Morgan fingerprint density at radius 3 is 2.53 bits per heavy atom. The molecule has 3 nitrogen and oxygen atoms in total. The fourth-order valence-electron chi connectivity index (χ4n) is 1.27. The summed E-state index contributed by atoms with van der Waals surface area (Å²) in [6.07, 6.45) is 6.09. The number of unbranched alkanes of at least 4 members (excludes halogenated alkanes) is 3. The molecule has 0 aromatic rings. The lowest BCUT2D eigenvalue weighted by atomic mass is 10.1. The van der Waals surface area contributed by atoms with Gasteiger partial charge in [-0.15, -0.1) is 5.92 Å². The fraction of sp³-hybridized carbons (Fsp3) is 0.786. The molecule has 0 N–H and O–H groups in total. The molecule has 0 radical (unpaired) electrons. The van der Waals surface area contributed by atoms with Crippen molar-refractivity contribution in [3.8, 4) is 11.8 Å². The van der Waals surface area contributed by atoms with Gasteiger partial charge >= 0.3 is 5.97 Å². The van der Waals surface area contributed by atoms with E-state index in [1.165, 1.54) is 7.11 Å². The lowest BCUT2D eigenvalue weighted by Gasteiger charge is -2.10. The van der Waals surface area contributed by atoms with Crippen molar-refractivity contribution >= 4 is 5.97 Å². The first kappa shape index (κ1) is 16.0. The maximum atomic E-state index is 11.0. The molecule has 0 bridgehead atoms. The van der Waals surface area contributed by atoms with Crippen LogP contribution in [-0.4, -0.2) is 25.8 Å². The molecule has 1 unspecified atom stereocenters. The SMILES string of the molecule is CCCCC#CC(CCCC)OCC(=O)OC. The third kappa shape index (κ3) is 9.89. The van der Waals surface area contributed by atoms with E-state index >= 15 is 0 Å². The molecule has 98 valence electrons. The molecule has 0 heterocycles. The second-order valence-corrected chi connectivity index (χ2v) is 3.94. The van der Waals surface area contributed by atoms with Crippen LogP contribution in [0.15, 0.2) is 0 Å². The molecule has 0 aliphatic heterocycles. The summed E-state index contributed by atoms with van der Waals surface area (Å²) in [5.41, 5.74) is 0. The second kappa shape index (κ2) is 11.5. The Hall–Kier alpha value is -1.01. The van der Waals surface area contributed by atoms with E-state index < -0.39 is 0 Å². The Bertz CT molecular complexity index is 250. The van der Waals surface area contributed by atoms with Gasteiger partial charge in [0.2, 0.25) is 0 Å². The predicted octanol–water partition coefficient (Wildman–Crippen LogP) is 2.93. The van der Waals surface area contributed by atoms with Crippen LogP contribution in [0.25, 0.3) is 0 Å². The van der Waals surface area contributed by atoms with Crippen LogP contribution >= 0.6 is 0 Å². The van der Waals surface area contributed by atoms with Crippen LogP contribution in [0.3, 0.4) is 0 Å². The number of hydrogen-bond acceptors (Lipinski definition) is 3. The van der Waals surface area contributed by atoms with Gasteiger partial charge in [0.05, 0.1) is 7.11 Å². The highest BCUT2D eigenvalue weighted by Crippen LogP contribution is 2.04. The van der Waals surface area contributed by atoms with Crippen molar-refractivity contribution in [3.05, 3.63) is 0 Å². The van der Waals surface area contributed by atoms with Gasteiger partial charge in [-0.1, -0.05) is 39.0 Å². The van der Waals surface area contributed by atoms with Gasteiger partial charge in [0, 0.05) is 6.42 Å². The van der Waals surface area contributed by atoms with Gasteiger partial charge in [-0.3, -0.25) is 0 Å². The predicted molar refractivity (Wildman–Crippen MR) is 68.6 cm³/mol. The smallest absolute Gasteiger partial charge is 0.331 e. The number of ether oxygens (including phenoxy) is 2. The molecule has 3 heteroatoms. The lowest BCUT2D eigenvalue weighted by molar-refractivity contribution is -0.147. The molecule has 0 saturated heterocycles. The molecule has 0 fully saturated rings. The van der Waals surface area contributed by atoms with Crippen molar-refractivity contribution in [2.24, 2.45) is 0 Å². The van der Waals surface area contributed by atoms with E-state index in [2.05, 4.69) is 30.4 Å². The van der Waals surface area contributed by atoms with Crippen molar-refractivity contribution in [3.63, 3.8) is 0 Å². The minimum Gasteiger partial charge on any atom is -0.467 e. The Morgan fingerprint density at radius 2 is 1.94 bits per heavy atom. The number of methoxy groups -OCH3 is 1. The quantitative estimate of drug-likeness (QED) is 0.372. The summed E-state index contributed by atoms with van der Waals surface area (Å²) in [4.78, 5) is 11.0. The van der Waals surface area contributed by atoms with Crippen molar-refractivity contribution in [2.75, 3.05) is 13.7 Å². The van der Waals surface area contributed by atoms with Crippen LogP contribution in [0.2, 0.25) is 0 Å². The number of hydrogen-bond donors (Lipinski definition) is 0. The van der Waals surface area contributed by atoms with E-state index in [0.717, 1.165) is 38.5 Å². The molecular weight excluding hydrogens is 216 g/mol. The third-order valence-electron chi connectivity index (χ3n) is 2.37. The highest BCUT2D eigenvalue weighted by atomic mass is 16.6. The fourth-order valence-corrected chi connectivity index (χ4v) is 1.27. The number of carbonyl (C=O) groups is 1. The minimum atomic E-state index is -0.346. The monoisotopic (exact) mass is 240 g/mol. The van der Waals surface area contributed by atoms with Gasteiger partial charge in [-0.05, 0) is 12.8 Å². The van der Waals surface area contributed by atoms with E-state index in [9.17, 15) is 4.79 Å². The van der Waals surface area contributed by atoms with Gasteiger partial charge in [-0.2, -0.15) is 0 Å². The average Bonchev–Trinajstić information content (AvgIpc) is 2.36. The minimum absolute atomic E-state index is 0.00661. The van der Waals surface area contributed by atoms with Gasteiger partial charge < -0.3 is 9.47 Å². The number of rotatable bonds is 8. The Balaban J connectivity index is 4.01. The van der Waals surface area contributed by atoms with Gasteiger partial charge in [0.15, 0.2) is 0 Å². The number of esters is 1. The largest absolute Gasteiger partial charge is 0.467 e. The van der Waals surface area contributed by atoms with Crippen LogP contribution in [-0.2, 0) is 14.3 Å². The highest BCUT2D eigenvalue weighted by molar-refractivity contribution is 5.70. The second-order valence-electron chi connectivity index (χ2n) is 3.94. The molecule has 1 atom stereocenters. The summed E-state index contributed by atoms with van der Waals surface area (Å²) in [6, 6.07) is 0. The molecule has 0 aliphatic carbocycles. The van der Waals surface area contributed by atoms with Crippen LogP contribution in [0.1, 0.15) is 52.4 Å². The first-order valence-electron chi connectivity index (χ1n) is 6.41. The van der Waals surface area contributed by atoms with Crippen LogP contribution < -0.4 is 0 Å². The van der Waals surface area contributed by atoms with Gasteiger partial charge in [0.1, 0.15) is 12.7 Å². The van der Waals surface area contributed by atoms with Crippen molar-refractivity contribution < 1.29 is 14.3 Å². The normalized spacial score (nSPS) is 11.5. The molecule has 0 spiro atoms. The maximum absolute atomic E-state index is 11.0. The number of carbonyl (C=O) groups excluding carboxylic acids is 1. The average molecular weight is 240 g/mol. The standard InChI is InChI=1S/C14H24O3/c1-4-6-8-9-11-13(10-7-5-2)17-12-14(15)16-3/h13H,4-8,10,12H2,1-3H3. The molecule has 0 aromatic heterocycles. The van der Waals surface area contributed by atoms with Crippen molar-refractivity contribution in [1.82, 2.24) is 0 Å². The van der Waals surface area contributed by atoms with Crippen molar-refractivity contribution in [2.45, 2.75) is 58.5 Å². The van der Waals surface area contributed by atoms with E-state index in [4.69, 9.17) is 4.74 Å². The topological polar surface area (TPSA) is 35.5 Å². The van der Waals surface area contributed by atoms with Crippen LogP contribution in [0.4, 0.5) is 0 Å². The summed E-state index contributed by atoms with van der Waals surface area (Å²) < 4.78 is 9.96. The van der Waals surface area contributed by atoms with Crippen LogP contribution in [0, 0.1) is 11.8 Å². The zero-order valence-corrected chi connectivity index (χ0v) is 11.3. The highest BCUT2D eigenvalue weighted by Gasteiger charge is 2.08. The van der Waals surface area contributed by atoms with E-state index in [1.54, 1.807) is 0 Å². The van der Waals surface area contributed by atoms with Crippen molar-refractivity contribution in [1.29, 1.82) is 0 Å². The van der Waals surface area contributed by atoms with Crippen LogP contribution in [0.5, 0.6) is 0 Å². The van der Waals surface area contributed by atoms with E-state index in [-0.39, 0.29) is 18.7 Å². The first-order valence-corrected chi connectivity index (χ1v) is 6.41. The summed E-state index contributed by atoms with van der Waals surface area (Å²) in [5.74, 6) is 5.85. The molecule has 0 saturated carbocycles. The summed E-state index contributed by atoms with van der Waals surface area (Å²) >= 11 is 0. The first-order chi connectivity index (χ1) is 8.24.